The van der Waals surface area contributed by atoms with E-state index in [9.17, 15) is 4.79 Å². The summed E-state index contributed by atoms with van der Waals surface area (Å²) in [4.78, 5) is 14.8. The third-order valence-electron chi connectivity index (χ3n) is 4.21. The molecule has 0 saturated heterocycles. The lowest BCUT2D eigenvalue weighted by Crippen LogP contribution is -2.44. The average molecular weight is 339 g/mol. The SMILES string of the molecule is CCN(C(=O)c1cccc(C)c1Br)C1CCC(N)CC1. The summed E-state index contributed by atoms with van der Waals surface area (Å²) in [7, 11) is 0. The molecule has 4 heteroatoms. The van der Waals surface area contributed by atoms with Crippen LogP contribution in [0.2, 0.25) is 0 Å². The molecule has 1 saturated carbocycles. The largest absolute Gasteiger partial charge is 0.336 e. The normalized spacial score (nSPS) is 22.6. The molecule has 3 nitrogen and oxygen atoms in total. The minimum absolute atomic E-state index is 0.128. The Balaban J connectivity index is 2.19. The molecule has 20 heavy (non-hydrogen) atoms. The van der Waals surface area contributed by atoms with Crippen molar-refractivity contribution in [2.45, 2.75) is 51.6 Å². The summed E-state index contributed by atoms with van der Waals surface area (Å²) in [6.45, 7) is 4.81. The predicted octanol–water partition coefficient (Wildman–Crippen LogP) is 3.49. The highest BCUT2D eigenvalue weighted by Gasteiger charge is 2.28. The van der Waals surface area contributed by atoms with Crippen molar-refractivity contribution in [1.82, 2.24) is 4.90 Å². The van der Waals surface area contributed by atoms with Gasteiger partial charge in [-0.1, -0.05) is 12.1 Å². The number of nitrogens with zero attached hydrogens (tertiary/aromatic N) is 1. The van der Waals surface area contributed by atoms with Gasteiger partial charge in [-0.2, -0.15) is 0 Å². The van der Waals surface area contributed by atoms with Gasteiger partial charge in [0.2, 0.25) is 0 Å². The zero-order valence-corrected chi connectivity index (χ0v) is 13.8. The van der Waals surface area contributed by atoms with Crippen LogP contribution in [0.3, 0.4) is 0 Å². The predicted molar refractivity (Wildman–Crippen MR) is 85.8 cm³/mol. The molecule has 0 atom stereocenters. The first-order valence-electron chi connectivity index (χ1n) is 7.36. The van der Waals surface area contributed by atoms with Crippen molar-refractivity contribution in [2.24, 2.45) is 5.73 Å². The van der Waals surface area contributed by atoms with Crippen LogP contribution in [0.1, 0.15) is 48.5 Å². The van der Waals surface area contributed by atoms with Crippen LogP contribution in [0.4, 0.5) is 0 Å². The Labute approximate surface area is 129 Å². The highest BCUT2D eigenvalue weighted by molar-refractivity contribution is 9.10. The van der Waals surface area contributed by atoms with E-state index in [2.05, 4.69) is 22.9 Å². The van der Waals surface area contributed by atoms with Crippen LogP contribution in [0.25, 0.3) is 0 Å². The molecule has 1 amide bonds. The van der Waals surface area contributed by atoms with E-state index in [-0.39, 0.29) is 5.91 Å². The first-order chi connectivity index (χ1) is 9.54. The van der Waals surface area contributed by atoms with Gasteiger partial charge in [0.1, 0.15) is 0 Å². The van der Waals surface area contributed by atoms with E-state index in [0.29, 0.717) is 12.1 Å². The summed E-state index contributed by atoms with van der Waals surface area (Å²) >= 11 is 3.54. The Morgan fingerprint density at radius 1 is 1.35 bits per heavy atom. The smallest absolute Gasteiger partial charge is 0.255 e. The van der Waals surface area contributed by atoms with E-state index in [1.807, 2.05) is 30.0 Å². The Morgan fingerprint density at radius 2 is 2.00 bits per heavy atom. The molecule has 1 aliphatic carbocycles. The van der Waals surface area contributed by atoms with Crippen LogP contribution in [0.15, 0.2) is 22.7 Å². The first-order valence-corrected chi connectivity index (χ1v) is 8.15. The Kier molecular flexibility index (Phi) is 5.22. The highest BCUT2D eigenvalue weighted by Crippen LogP contribution is 2.27. The van der Waals surface area contributed by atoms with E-state index in [4.69, 9.17) is 5.73 Å². The molecule has 2 rings (SSSR count). The van der Waals surface area contributed by atoms with E-state index >= 15 is 0 Å². The fourth-order valence-corrected chi connectivity index (χ4v) is 3.38. The molecule has 1 fully saturated rings. The Morgan fingerprint density at radius 3 is 2.60 bits per heavy atom. The van der Waals surface area contributed by atoms with Crippen LogP contribution in [-0.2, 0) is 0 Å². The van der Waals surface area contributed by atoms with E-state index in [1.54, 1.807) is 0 Å². The van der Waals surface area contributed by atoms with Gasteiger partial charge in [0.25, 0.3) is 5.91 Å². The summed E-state index contributed by atoms with van der Waals surface area (Å²) in [5, 5.41) is 0. The molecular weight excluding hydrogens is 316 g/mol. The number of carbonyl (C=O) groups excluding carboxylic acids is 1. The molecule has 110 valence electrons. The molecule has 1 aromatic rings. The fourth-order valence-electron chi connectivity index (χ4n) is 2.95. The van der Waals surface area contributed by atoms with Gasteiger partial charge in [-0.25, -0.2) is 0 Å². The first kappa shape index (κ1) is 15.5. The van der Waals surface area contributed by atoms with Crippen molar-refractivity contribution in [3.8, 4) is 0 Å². The zero-order valence-electron chi connectivity index (χ0n) is 12.2. The number of aryl methyl sites for hydroxylation is 1. The summed E-state index contributed by atoms with van der Waals surface area (Å²) in [6, 6.07) is 6.50. The third-order valence-corrected chi connectivity index (χ3v) is 5.26. The van der Waals surface area contributed by atoms with E-state index < -0.39 is 0 Å². The summed E-state index contributed by atoms with van der Waals surface area (Å²) in [5.41, 5.74) is 7.82. The number of amides is 1. The molecule has 0 aliphatic heterocycles. The molecule has 0 aromatic heterocycles. The van der Waals surface area contributed by atoms with Gasteiger partial charge in [-0.05, 0) is 67.1 Å². The van der Waals surface area contributed by atoms with Gasteiger partial charge in [-0.3, -0.25) is 4.79 Å². The van der Waals surface area contributed by atoms with Crippen LogP contribution < -0.4 is 5.73 Å². The van der Waals surface area contributed by atoms with Gasteiger partial charge in [-0.15, -0.1) is 0 Å². The topological polar surface area (TPSA) is 46.3 Å². The summed E-state index contributed by atoms with van der Waals surface area (Å²) in [5.74, 6) is 0.128. The van der Waals surface area contributed by atoms with E-state index in [0.717, 1.165) is 47.8 Å². The van der Waals surface area contributed by atoms with Crippen molar-refractivity contribution < 1.29 is 4.79 Å². The molecular formula is C16H23BrN2O. The third kappa shape index (κ3) is 3.23. The number of hydrogen-bond acceptors (Lipinski definition) is 2. The molecule has 1 aromatic carbocycles. The van der Waals surface area contributed by atoms with E-state index in [1.165, 1.54) is 0 Å². The zero-order chi connectivity index (χ0) is 14.7. The second-order valence-electron chi connectivity index (χ2n) is 5.60. The minimum Gasteiger partial charge on any atom is -0.336 e. The standard InChI is InChI=1S/C16H23BrN2O/c1-3-19(13-9-7-12(18)8-10-13)16(20)14-6-4-5-11(2)15(14)17/h4-6,12-13H,3,7-10,18H2,1-2H3. The molecule has 0 bridgehead atoms. The molecule has 0 unspecified atom stereocenters. The Hall–Kier alpha value is -0.870. The second-order valence-corrected chi connectivity index (χ2v) is 6.39. The highest BCUT2D eigenvalue weighted by atomic mass is 79.9. The maximum atomic E-state index is 12.8. The fraction of sp³-hybridized carbons (Fsp3) is 0.562. The molecule has 0 spiro atoms. The van der Waals surface area contributed by atoms with Crippen LogP contribution in [0.5, 0.6) is 0 Å². The van der Waals surface area contributed by atoms with Gasteiger partial charge in [0.05, 0.1) is 5.56 Å². The van der Waals surface area contributed by atoms with Crippen LogP contribution in [0, 0.1) is 6.92 Å². The van der Waals surface area contributed by atoms with Gasteiger partial charge in [0, 0.05) is 23.1 Å². The van der Waals surface area contributed by atoms with Crippen molar-refractivity contribution in [3.05, 3.63) is 33.8 Å². The molecule has 0 radical (unpaired) electrons. The number of carbonyl (C=O) groups is 1. The summed E-state index contributed by atoms with van der Waals surface area (Å²) < 4.78 is 0.913. The quantitative estimate of drug-likeness (QED) is 0.916. The Bertz CT molecular complexity index is 481. The lowest BCUT2D eigenvalue weighted by atomic mass is 9.90. The maximum Gasteiger partial charge on any atom is 0.255 e. The van der Waals surface area contributed by atoms with Crippen molar-refractivity contribution in [3.63, 3.8) is 0 Å². The summed E-state index contributed by atoms with van der Waals surface area (Å²) in [6.07, 6.45) is 4.07. The molecule has 0 heterocycles. The van der Waals surface area contributed by atoms with Crippen LogP contribution in [-0.4, -0.2) is 29.4 Å². The monoisotopic (exact) mass is 338 g/mol. The van der Waals surface area contributed by atoms with Crippen LogP contribution >= 0.6 is 15.9 Å². The number of rotatable bonds is 3. The van der Waals surface area contributed by atoms with Gasteiger partial charge >= 0.3 is 0 Å². The number of nitrogens with two attached hydrogens (primary N) is 1. The number of halogens is 1. The van der Waals surface area contributed by atoms with Gasteiger partial charge in [0.15, 0.2) is 0 Å². The molecule has 2 N–H and O–H groups in total. The maximum absolute atomic E-state index is 12.8. The lowest BCUT2D eigenvalue weighted by Gasteiger charge is -2.35. The lowest BCUT2D eigenvalue weighted by molar-refractivity contribution is 0.0639. The number of benzene rings is 1. The number of hydrogen-bond donors (Lipinski definition) is 1. The minimum atomic E-state index is 0.128. The second kappa shape index (κ2) is 6.72. The van der Waals surface area contributed by atoms with Crippen molar-refractivity contribution >= 4 is 21.8 Å². The van der Waals surface area contributed by atoms with Crippen molar-refractivity contribution in [2.75, 3.05) is 6.54 Å². The van der Waals surface area contributed by atoms with Crippen molar-refractivity contribution in [1.29, 1.82) is 0 Å². The average Bonchev–Trinajstić information content (AvgIpc) is 2.44. The molecule has 1 aliphatic rings. The van der Waals surface area contributed by atoms with Gasteiger partial charge < -0.3 is 10.6 Å².